The minimum atomic E-state index is -0.983. The second-order valence-corrected chi connectivity index (χ2v) is 9.50. The molecule has 10 heteroatoms. The van der Waals surface area contributed by atoms with Crippen LogP contribution in [0.4, 0.5) is 8.78 Å². The maximum absolute atomic E-state index is 13.8. The number of aromatic hydroxyl groups is 1. The fourth-order valence-electron chi connectivity index (χ4n) is 5.95. The van der Waals surface area contributed by atoms with Crippen molar-refractivity contribution in [1.29, 1.82) is 0 Å². The van der Waals surface area contributed by atoms with E-state index in [4.69, 9.17) is 4.74 Å². The van der Waals surface area contributed by atoms with E-state index in [0.717, 1.165) is 18.9 Å². The molecule has 2 aliphatic carbocycles. The topological polar surface area (TPSA) is 101 Å². The molecule has 0 radical (unpaired) electrons. The van der Waals surface area contributed by atoms with Gasteiger partial charge in [0.15, 0.2) is 17.7 Å². The lowest BCUT2D eigenvalue weighted by Gasteiger charge is -2.54. The van der Waals surface area contributed by atoms with Crippen LogP contribution >= 0.6 is 0 Å². The van der Waals surface area contributed by atoms with Gasteiger partial charge in [-0.1, -0.05) is 13.0 Å². The number of rotatable bonds is 3. The van der Waals surface area contributed by atoms with Crippen LogP contribution in [0, 0.1) is 23.0 Å². The first kappa shape index (κ1) is 20.3. The summed E-state index contributed by atoms with van der Waals surface area (Å²) in [6.07, 6.45) is 2.62. The van der Waals surface area contributed by atoms with Gasteiger partial charge in [0.2, 0.25) is 5.43 Å². The van der Waals surface area contributed by atoms with Gasteiger partial charge in [-0.15, -0.1) is 0 Å². The molecule has 1 saturated heterocycles. The largest absolute Gasteiger partial charge is 0.503 e. The van der Waals surface area contributed by atoms with E-state index < -0.39 is 40.9 Å². The van der Waals surface area contributed by atoms with E-state index in [9.17, 15) is 28.3 Å². The third-order valence-corrected chi connectivity index (χ3v) is 7.56. The molecule has 172 valence electrons. The van der Waals surface area contributed by atoms with Crippen LogP contribution < -0.4 is 10.7 Å². The molecule has 5 atom stereocenters. The molecule has 2 saturated carbocycles. The van der Waals surface area contributed by atoms with Crippen LogP contribution in [0.2, 0.25) is 0 Å². The highest BCUT2D eigenvalue weighted by atomic mass is 19.1. The van der Waals surface area contributed by atoms with Gasteiger partial charge in [0.1, 0.15) is 17.2 Å². The van der Waals surface area contributed by atoms with Crippen LogP contribution in [0.5, 0.6) is 5.75 Å². The van der Waals surface area contributed by atoms with Gasteiger partial charge < -0.3 is 24.6 Å². The summed E-state index contributed by atoms with van der Waals surface area (Å²) in [6, 6.07) is 2.99. The molecule has 6 rings (SSSR count). The fourth-order valence-corrected chi connectivity index (χ4v) is 5.95. The quantitative estimate of drug-likeness (QED) is 0.732. The van der Waals surface area contributed by atoms with E-state index in [1.165, 1.54) is 16.8 Å². The van der Waals surface area contributed by atoms with Crippen LogP contribution in [0.1, 0.15) is 46.2 Å². The van der Waals surface area contributed by atoms with E-state index in [0.29, 0.717) is 12.0 Å². The summed E-state index contributed by atoms with van der Waals surface area (Å²) >= 11 is 0. The third kappa shape index (κ3) is 2.73. The number of hydrogen-bond donors (Lipinski definition) is 2. The second kappa shape index (κ2) is 6.63. The lowest BCUT2D eigenvalue weighted by Crippen LogP contribution is -2.63. The maximum atomic E-state index is 13.8. The normalized spacial score (nSPS) is 31.0. The van der Waals surface area contributed by atoms with Crippen LogP contribution in [0.3, 0.4) is 0 Å². The van der Waals surface area contributed by atoms with Gasteiger partial charge in [-0.05, 0) is 24.8 Å². The molecule has 2 aromatic rings. The van der Waals surface area contributed by atoms with Crippen LogP contribution in [-0.2, 0) is 17.8 Å². The van der Waals surface area contributed by atoms with Crippen molar-refractivity contribution >= 4 is 11.8 Å². The second-order valence-electron chi connectivity index (χ2n) is 9.50. The first-order chi connectivity index (χ1) is 15.7. The molecule has 2 aliphatic heterocycles. The van der Waals surface area contributed by atoms with Crippen molar-refractivity contribution in [2.75, 3.05) is 0 Å². The number of carbonyl (C=O) groups is 2. The summed E-state index contributed by atoms with van der Waals surface area (Å²) in [7, 11) is 0. The molecule has 8 nitrogen and oxygen atoms in total. The molecule has 2 unspecified atom stereocenters. The number of hydrogen-bond acceptors (Lipinski definition) is 5. The summed E-state index contributed by atoms with van der Waals surface area (Å²) in [6.45, 7) is 2.01. The number of pyridine rings is 1. The highest BCUT2D eigenvalue weighted by molar-refractivity contribution is 5.99. The average Bonchev–Trinajstić information content (AvgIpc) is 3.50. The molecule has 1 spiro atoms. The summed E-state index contributed by atoms with van der Waals surface area (Å²) in [5.41, 5.74) is -1.48. The Balaban J connectivity index is 1.29. The number of halogens is 2. The zero-order valence-corrected chi connectivity index (χ0v) is 17.7. The molecule has 2 N–H and O–H groups in total. The van der Waals surface area contributed by atoms with Crippen molar-refractivity contribution in [3.8, 4) is 5.75 Å². The Bertz CT molecular complexity index is 1290. The number of nitrogens with zero attached hydrogens (tertiary/aromatic N) is 2. The van der Waals surface area contributed by atoms with Crippen molar-refractivity contribution in [1.82, 2.24) is 14.8 Å². The van der Waals surface area contributed by atoms with E-state index in [1.54, 1.807) is 4.90 Å². The molecule has 3 fully saturated rings. The SMILES string of the molecule is CC1CC23C[C@H]2N2C(=O)c4c(O)c(=O)c(C(=O)NCc5ccc(F)cc5F)cn4C[C@@H]2O[C@H]13. The van der Waals surface area contributed by atoms with E-state index >= 15 is 0 Å². The van der Waals surface area contributed by atoms with Crippen molar-refractivity contribution in [2.45, 2.75) is 51.2 Å². The van der Waals surface area contributed by atoms with E-state index in [1.807, 2.05) is 0 Å². The zero-order chi connectivity index (χ0) is 23.2. The molecule has 4 aliphatic rings. The Labute approximate surface area is 186 Å². The number of amides is 2. The maximum Gasteiger partial charge on any atom is 0.276 e. The molecule has 1 aromatic heterocycles. The Morgan fingerprint density at radius 1 is 1.30 bits per heavy atom. The monoisotopic (exact) mass is 457 g/mol. The Kier molecular flexibility index (Phi) is 4.09. The number of benzene rings is 1. The average molecular weight is 457 g/mol. The standard InChI is InChI=1S/C23H21F2N3O5/c1-10-5-23-6-15(23)28-16(33-20(10)23)9-27-8-13(18(29)19(30)17(27)22(28)32)21(31)26-7-11-2-3-12(24)4-14(11)25/h2-4,8,10,15-16,20,30H,5-7,9H2,1H3,(H,26,31)/t10?,15-,16+,20-,23?/m1/s1. The van der Waals surface area contributed by atoms with Gasteiger partial charge in [0.05, 0.1) is 12.6 Å². The number of nitrogens with one attached hydrogen (secondary N) is 1. The molecular formula is C23H21F2N3O5. The van der Waals surface area contributed by atoms with Crippen molar-refractivity contribution in [3.05, 3.63) is 63.1 Å². The van der Waals surface area contributed by atoms with Crippen molar-refractivity contribution in [2.24, 2.45) is 11.3 Å². The van der Waals surface area contributed by atoms with E-state index in [2.05, 4.69) is 12.2 Å². The van der Waals surface area contributed by atoms with Gasteiger partial charge in [-0.25, -0.2) is 8.78 Å². The van der Waals surface area contributed by atoms with Crippen LogP contribution in [-0.4, -0.2) is 44.8 Å². The number of aromatic nitrogens is 1. The number of fused-ring (bicyclic) bond motifs is 3. The van der Waals surface area contributed by atoms with Gasteiger partial charge >= 0.3 is 0 Å². The minimum Gasteiger partial charge on any atom is -0.503 e. The van der Waals surface area contributed by atoms with Crippen LogP contribution in [0.15, 0.2) is 29.2 Å². The number of ether oxygens (including phenoxy) is 1. The summed E-state index contributed by atoms with van der Waals surface area (Å²) < 4.78 is 34.5. The van der Waals surface area contributed by atoms with Crippen molar-refractivity contribution < 1.29 is 28.2 Å². The Morgan fingerprint density at radius 2 is 2.09 bits per heavy atom. The Morgan fingerprint density at radius 3 is 2.82 bits per heavy atom. The smallest absolute Gasteiger partial charge is 0.276 e. The van der Waals surface area contributed by atoms with Crippen LogP contribution in [0.25, 0.3) is 0 Å². The van der Waals surface area contributed by atoms with Gasteiger partial charge in [-0.2, -0.15) is 0 Å². The molecular weight excluding hydrogens is 436 g/mol. The summed E-state index contributed by atoms with van der Waals surface area (Å²) in [4.78, 5) is 40.2. The van der Waals surface area contributed by atoms with Crippen molar-refractivity contribution in [3.63, 3.8) is 0 Å². The number of carbonyl (C=O) groups excluding carboxylic acids is 2. The first-order valence-corrected chi connectivity index (χ1v) is 10.9. The highest BCUT2D eigenvalue weighted by Crippen LogP contribution is 2.69. The molecule has 0 bridgehead atoms. The zero-order valence-electron chi connectivity index (χ0n) is 17.7. The van der Waals surface area contributed by atoms with Gasteiger partial charge in [-0.3, -0.25) is 14.4 Å². The third-order valence-electron chi connectivity index (χ3n) is 7.56. The Hall–Kier alpha value is -3.27. The first-order valence-electron chi connectivity index (χ1n) is 10.9. The lowest BCUT2D eigenvalue weighted by molar-refractivity contribution is -0.220. The van der Waals surface area contributed by atoms with Gasteiger partial charge in [0.25, 0.3) is 11.8 Å². The lowest BCUT2D eigenvalue weighted by atomic mass is 9.68. The van der Waals surface area contributed by atoms with E-state index in [-0.39, 0.29) is 47.5 Å². The fraction of sp³-hybridized carbons (Fsp3) is 0.435. The molecule has 3 heterocycles. The highest BCUT2D eigenvalue weighted by Gasteiger charge is 2.74. The molecule has 33 heavy (non-hydrogen) atoms. The summed E-state index contributed by atoms with van der Waals surface area (Å²) in [5.74, 6) is -3.29. The predicted octanol–water partition coefficient (Wildman–Crippen LogP) is 1.74. The van der Waals surface area contributed by atoms with Gasteiger partial charge in [0, 0.05) is 35.8 Å². The summed E-state index contributed by atoms with van der Waals surface area (Å²) in [5, 5.41) is 13.0. The molecule has 2 amide bonds. The molecule has 1 aromatic carbocycles. The predicted molar refractivity (Wildman–Crippen MR) is 109 cm³/mol. The minimum absolute atomic E-state index is 0.000879.